The van der Waals surface area contributed by atoms with E-state index in [2.05, 4.69) is 16.2 Å². The first kappa shape index (κ1) is 12.1. The molecule has 2 rings (SSSR count). The SMILES string of the molecule is C=C(C)CSc1snnc1C(=O)c1ccco1. The first-order valence-electron chi connectivity index (χ1n) is 4.86. The van der Waals surface area contributed by atoms with Crippen molar-refractivity contribution in [3.63, 3.8) is 0 Å². The van der Waals surface area contributed by atoms with Crippen LogP contribution in [0.15, 0.2) is 39.2 Å². The van der Waals surface area contributed by atoms with E-state index in [9.17, 15) is 4.79 Å². The summed E-state index contributed by atoms with van der Waals surface area (Å²) in [5, 5.41) is 3.86. The highest BCUT2D eigenvalue weighted by molar-refractivity contribution is 8.01. The van der Waals surface area contributed by atoms with Gasteiger partial charge in [-0.05, 0) is 30.6 Å². The Morgan fingerprint density at radius 2 is 2.47 bits per heavy atom. The van der Waals surface area contributed by atoms with E-state index >= 15 is 0 Å². The topological polar surface area (TPSA) is 56.0 Å². The molecule has 0 radical (unpaired) electrons. The summed E-state index contributed by atoms with van der Waals surface area (Å²) in [6, 6.07) is 3.29. The average Bonchev–Trinajstić information content (AvgIpc) is 2.96. The predicted octanol–water partition coefficient (Wildman–Crippen LogP) is 3.03. The molecule has 0 fully saturated rings. The molecule has 0 saturated heterocycles. The first-order chi connectivity index (χ1) is 8.18. The number of nitrogens with zero attached hydrogens (tertiary/aromatic N) is 2. The van der Waals surface area contributed by atoms with E-state index < -0.39 is 0 Å². The minimum atomic E-state index is -0.229. The number of carbonyl (C=O) groups is 1. The summed E-state index contributed by atoms with van der Waals surface area (Å²) in [6.45, 7) is 5.76. The molecule has 88 valence electrons. The zero-order valence-corrected chi connectivity index (χ0v) is 10.8. The molecule has 2 heterocycles. The van der Waals surface area contributed by atoms with E-state index in [0.29, 0.717) is 5.69 Å². The number of aromatic nitrogens is 2. The van der Waals surface area contributed by atoms with Crippen LogP contribution in [0.25, 0.3) is 0 Å². The molecule has 0 bridgehead atoms. The van der Waals surface area contributed by atoms with Gasteiger partial charge in [-0.25, -0.2) is 0 Å². The summed E-state index contributed by atoms with van der Waals surface area (Å²) >= 11 is 2.73. The molecule has 0 N–H and O–H groups in total. The lowest BCUT2D eigenvalue weighted by Crippen LogP contribution is -2.01. The molecule has 0 atom stereocenters. The van der Waals surface area contributed by atoms with Gasteiger partial charge in [0, 0.05) is 5.75 Å². The van der Waals surface area contributed by atoms with E-state index in [-0.39, 0.29) is 11.5 Å². The van der Waals surface area contributed by atoms with E-state index in [4.69, 9.17) is 4.42 Å². The fourth-order valence-corrected chi connectivity index (χ4v) is 2.68. The van der Waals surface area contributed by atoms with E-state index in [0.717, 1.165) is 15.5 Å². The standard InChI is InChI=1S/C11H10N2O2S2/c1-7(2)6-16-11-9(12-13-17-11)10(14)8-4-3-5-15-8/h3-5H,1,6H2,2H3. The molecule has 0 aliphatic rings. The van der Waals surface area contributed by atoms with Crippen LogP contribution in [0.2, 0.25) is 0 Å². The third kappa shape index (κ3) is 2.83. The van der Waals surface area contributed by atoms with Gasteiger partial charge in [0.25, 0.3) is 0 Å². The van der Waals surface area contributed by atoms with Crippen LogP contribution in [0.5, 0.6) is 0 Å². The van der Waals surface area contributed by atoms with E-state index in [1.165, 1.54) is 29.6 Å². The van der Waals surface area contributed by atoms with Gasteiger partial charge < -0.3 is 4.42 Å². The van der Waals surface area contributed by atoms with Gasteiger partial charge in [-0.3, -0.25) is 4.79 Å². The van der Waals surface area contributed by atoms with Crippen molar-refractivity contribution in [3.8, 4) is 0 Å². The van der Waals surface area contributed by atoms with Gasteiger partial charge >= 0.3 is 0 Å². The molecule has 2 aromatic rings. The predicted molar refractivity (Wildman–Crippen MR) is 67.6 cm³/mol. The molecule has 0 saturated carbocycles. The highest BCUT2D eigenvalue weighted by Crippen LogP contribution is 2.28. The van der Waals surface area contributed by atoms with Gasteiger partial charge in [-0.2, -0.15) is 0 Å². The van der Waals surface area contributed by atoms with Crippen LogP contribution >= 0.6 is 23.3 Å². The van der Waals surface area contributed by atoms with Crippen LogP contribution in [-0.2, 0) is 0 Å². The van der Waals surface area contributed by atoms with Crippen LogP contribution in [0.3, 0.4) is 0 Å². The summed E-state index contributed by atoms with van der Waals surface area (Å²) in [4.78, 5) is 12.0. The van der Waals surface area contributed by atoms with Crippen LogP contribution in [0.1, 0.15) is 23.2 Å². The number of furan rings is 1. The van der Waals surface area contributed by atoms with Crippen molar-refractivity contribution in [1.29, 1.82) is 0 Å². The molecule has 0 aliphatic carbocycles. The molecule has 0 spiro atoms. The molecule has 0 unspecified atom stereocenters. The Bertz CT molecular complexity index is 531. The fourth-order valence-electron chi connectivity index (χ4n) is 1.13. The molecule has 0 amide bonds. The lowest BCUT2D eigenvalue weighted by molar-refractivity contribution is 0.100. The van der Waals surface area contributed by atoms with Crippen molar-refractivity contribution >= 4 is 29.1 Å². The number of carbonyl (C=O) groups excluding carboxylic acids is 1. The molecular formula is C11H10N2O2S2. The number of hydrogen-bond donors (Lipinski definition) is 0. The summed E-state index contributed by atoms with van der Waals surface area (Å²) in [5.41, 5.74) is 1.40. The largest absolute Gasteiger partial charge is 0.461 e. The van der Waals surface area contributed by atoms with Crippen molar-refractivity contribution in [2.24, 2.45) is 0 Å². The Kier molecular flexibility index (Phi) is 3.75. The van der Waals surface area contributed by atoms with Crippen LogP contribution in [-0.4, -0.2) is 21.1 Å². The van der Waals surface area contributed by atoms with Crippen molar-refractivity contribution in [1.82, 2.24) is 9.59 Å². The number of hydrogen-bond acceptors (Lipinski definition) is 6. The van der Waals surface area contributed by atoms with Crippen LogP contribution in [0.4, 0.5) is 0 Å². The Morgan fingerprint density at radius 3 is 3.12 bits per heavy atom. The minimum Gasteiger partial charge on any atom is -0.461 e. The normalized spacial score (nSPS) is 10.4. The maximum absolute atomic E-state index is 12.0. The third-order valence-corrected chi connectivity index (χ3v) is 4.06. The van der Waals surface area contributed by atoms with Gasteiger partial charge in [0.05, 0.1) is 6.26 Å². The second kappa shape index (κ2) is 5.29. The van der Waals surface area contributed by atoms with Crippen LogP contribution in [0, 0.1) is 0 Å². The molecule has 4 nitrogen and oxygen atoms in total. The Morgan fingerprint density at radius 1 is 1.65 bits per heavy atom. The molecule has 0 aliphatic heterocycles. The second-order valence-corrected chi connectivity index (χ2v) is 5.46. The van der Waals surface area contributed by atoms with E-state index in [1.807, 2.05) is 6.92 Å². The van der Waals surface area contributed by atoms with Gasteiger partial charge in [0.2, 0.25) is 5.78 Å². The van der Waals surface area contributed by atoms with Gasteiger partial charge in [-0.15, -0.1) is 16.9 Å². The summed E-state index contributed by atoms with van der Waals surface area (Å²) in [7, 11) is 0. The molecule has 17 heavy (non-hydrogen) atoms. The Labute approximate surface area is 107 Å². The summed E-state index contributed by atoms with van der Waals surface area (Å²) in [5.74, 6) is 0.810. The minimum absolute atomic E-state index is 0.229. The maximum Gasteiger partial charge on any atom is 0.250 e. The lowest BCUT2D eigenvalue weighted by atomic mass is 10.2. The number of rotatable bonds is 5. The zero-order valence-electron chi connectivity index (χ0n) is 9.17. The molecule has 6 heteroatoms. The molecule has 2 aromatic heterocycles. The Balaban J connectivity index is 2.19. The number of thioether (sulfide) groups is 1. The molecular weight excluding hydrogens is 256 g/mol. The summed E-state index contributed by atoms with van der Waals surface area (Å²) < 4.78 is 9.67. The monoisotopic (exact) mass is 266 g/mol. The zero-order chi connectivity index (χ0) is 12.3. The highest BCUT2D eigenvalue weighted by Gasteiger charge is 2.20. The lowest BCUT2D eigenvalue weighted by Gasteiger charge is -1.98. The second-order valence-electron chi connectivity index (χ2n) is 3.46. The Hall–Kier alpha value is -1.40. The quantitative estimate of drug-likeness (QED) is 0.473. The van der Waals surface area contributed by atoms with Gasteiger partial charge in [-0.1, -0.05) is 16.6 Å². The molecule has 0 aromatic carbocycles. The summed E-state index contributed by atoms with van der Waals surface area (Å²) in [6.07, 6.45) is 1.47. The van der Waals surface area contributed by atoms with Crippen molar-refractivity contribution < 1.29 is 9.21 Å². The number of ketones is 1. The fraction of sp³-hybridized carbons (Fsp3) is 0.182. The third-order valence-electron chi connectivity index (χ3n) is 1.87. The maximum atomic E-state index is 12.0. The smallest absolute Gasteiger partial charge is 0.250 e. The van der Waals surface area contributed by atoms with Crippen molar-refractivity contribution in [2.75, 3.05) is 5.75 Å². The van der Waals surface area contributed by atoms with Gasteiger partial charge in [0.15, 0.2) is 11.5 Å². The highest BCUT2D eigenvalue weighted by atomic mass is 32.2. The van der Waals surface area contributed by atoms with Crippen molar-refractivity contribution in [2.45, 2.75) is 11.1 Å². The average molecular weight is 266 g/mol. The van der Waals surface area contributed by atoms with Crippen LogP contribution < -0.4 is 0 Å². The van der Waals surface area contributed by atoms with Crippen molar-refractivity contribution in [3.05, 3.63) is 42.0 Å². The van der Waals surface area contributed by atoms with E-state index in [1.54, 1.807) is 12.1 Å². The van der Waals surface area contributed by atoms with Gasteiger partial charge in [0.1, 0.15) is 4.21 Å². The first-order valence-corrected chi connectivity index (χ1v) is 6.62.